The molecule has 2 aromatic carbocycles. The number of benzene rings is 2. The fraction of sp³-hybridized carbons (Fsp3) is 0.150. The van der Waals surface area contributed by atoms with Crippen LogP contribution in [0.3, 0.4) is 0 Å². The Kier molecular flexibility index (Phi) is 6.54. The molecular formula is C20H17F2N3O2S. The van der Waals surface area contributed by atoms with E-state index in [0.717, 1.165) is 5.56 Å². The van der Waals surface area contributed by atoms with Gasteiger partial charge in [0.2, 0.25) is 5.91 Å². The first-order valence-corrected chi connectivity index (χ1v) is 9.45. The summed E-state index contributed by atoms with van der Waals surface area (Å²) < 4.78 is 26.1. The smallest absolute Gasteiger partial charge is 0.251 e. The number of H-pyrrole nitrogens is 1. The van der Waals surface area contributed by atoms with Crippen LogP contribution < -0.4 is 10.9 Å². The number of halogens is 2. The van der Waals surface area contributed by atoms with Crippen molar-refractivity contribution in [1.82, 2.24) is 15.3 Å². The molecule has 28 heavy (non-hydrogen) atoms. The molecule has 0 aliphatic rings. The molecule has 0 radical (unpaired) electrons. The summed E-state index contributed by atoms with van der Waals surface area (Å²) >= 11 is 1.28. The predicted octanol–water partition coefficient (Wildman–Crippen LogP) is 3.20. The minimum Gasteiger partial charge on any atom is -0.352 e. The number of carbonyl (C=O) groups is 1. The van der Waals surface area contributed by atoms with Crippen LogP contribution in [0.25, 0.3) is 0 Å². The molecule has 8 heteroatoms. The highest BCUT2D eigenvalue weighted by molar-refractivity contribution is 7.98. The maximum Gasteiger partial charge on any atom is 0.251 e. The van der Waals surface area contributed by atoms with Crippen LogP contribution >= 0.6 is 11.8 Å². The number of aromatic nitrogens is 2. The second-order valence-electron chi connectivity index (χ2n) is 6.04. The highest BCUT2D eigenvalue weighted by atomic mass is 32.2. The van der Waals surface area contributed by atoms with Crippen molar-refractivity contribution in [3.63, 3.8) is 0 Å². The molecular weight excluding hydrogens is 384 g/mol. The first kappa shape index (κ1) is 19.8. The van der Waals surface area contributed by atoms with Gasteiger partial charge in [-0.1, -0.05) is 36.0 Å². The standard InChI is InChI=1S/C20H17F2N3O2S/c21-15-6-4-13(5-7-15)12-28-20-24-17(10-19(27)25-20)9-18(26)23-11-14-2-1-3-16(22)8-14/h1-8,10H,9,11-12H2,(H,23,26)(H,24,25,27). The number of nitrogens with zero attached hydrogens (tertiary/aromatic N) is 1. The Morgan fingerprint density at radius 2 is 1.82 bits per heavy atom. The number of hydrogen-bond acceptors (Lipinski definition) is 4. The van der Waals surface area contributed by atoms with Gasteiger partial charge in [-0.2, -0.15) is 0 Å². The lowest BCUT2D eigenvalue weighted by molar-refractivity contribution is -0.120. The minimum absolute atomic E-state index is 0.0661. The van der Waals surface area contributed by atoms with Gasteiger partial charge >= 0.3 is 0 Å². The van der Waals surface area contributed by atoms with Gasteiger partial charge in [0.05, 0.1) is 12.1 Å². The van der Waals surface area contributed by atoms with Crippen LogP contribution in [0.5, 0.6) is 0 Å². The third-order valence-corrected chi connectivity index (χ3v) is 4.73. The van der Waals surface area contributed by atoms with Gasteiger partial charge in [-0.3, -0.25) is 9.59 Å². The Hall–Kier alpha value is -3.00. The van der Waals surface area contributed by atoms with E-state index >= 15 is 0 Å². The van der Waals surface area contributed by atoms with E-state index in [-0.39, 0.29) is 36.1 Å². The van der Waals surface area contributed by atoms with E-state index in [1.54, 1.807) is 24.3 Å². The fourth-order valence-electron chi connectivity index (χ4n) is 2.45. The predicted molar refractivity (Wildman–Crippen MR) is 103 cm³/mol. The maximum absolute atomic E-state index is 13.2. The van der Waals surface area contributed by atoms with Gasteiger partial charge in [0.15, 0.2) is 5.16 Å². The van der Waals surface area contributed by atoms with Crippen molar-refractivity contribution in [2.24, 2.45) is 0 Å². The Morgan fingerprint density at radius 1 is 1.04 bits per heavy atom. The normalized spacial score (nSPS) is 10.6. The van der Waals surface area contributed by atoms with Gasteiger partial charge in [0.1, 0.15) is 11.6 Å². The van der Waals surface area contributed by atoms with Crippen LogP contribution in [0.2, 0.25) is 0 Å². The topological polar surface area (TPSA) is 74.8 Å². The number of rotatable bonds is 7. The SMILES string of the molecule is O=C(Cc1cc(=O)[nH]c(SCc2ccc(F)cc2)n1)NCc1cccc(F)c1. The Labute approximate surface area is 164 Å². The summed E-state index contributed by atoms with van der Waals surface area (Å²) in [6, 6.07) is 13.3. The van der Waals surface area contributed by atoms with E-state index in [2.05, 4.69) is 15.3 Å². The van der Waals surface area contributed by atoms with Crippen LogP contribution in [0.1, 0.15) is 16.8 Å². The molecule has 1 amide bonds. The largest absolute Gasteiger partial charge is 0.352 e. The number of amides is 1. The van der Waals surface area contributed by atoms with Crippen LogP contribution in [0.15, 0.2) is 64.5 Å². The number of carbonyl (C=O) groups excluding carboxylic acids is 1. The van der Waals surface area contributed by atoms with Gasteiger partial charge in [0.25, 0.3) is 5.56 Å². The monoisotopic (exact) mass is 401 g/mol. The molecule has 0 aliphatic carbocycles. The Balaban J connectivity index is 1.58. The van der Waals surface area contributed by atoms with Gasteiger partial charge < -0.3 is 10.3 Å². The molecule has 2 N–H and O–H groups in total. The average molecular weight is 401 g/mol. The van der Waals surface area contributed by atoms with Crippen LogP contribution in [0.4, 0.5) is 8.78 Å². The summed E-state index contributed by atoms with van der Waals surface area (Å²) in [6.07, 6.45) is -0.0661. The van der Waals surface area contributed by atoms with E-state index < -0.39 is 0 Å². The van der Waals surface area contributed by atoms with Gasteiger partial charge in [-0.25, -0.2) is 13.8 Å². The molecule has 144 valence electrons. The van der Waals surface area contributed by atoms with Crippen LogP contribution in [-0.4, -0.2) is 15.9 Å². The molecule has 0 spiro atoms. The maximum atomic E-state index is 13.2. The summed E-state index contributed by atoms with van der Waals surface area (Å²) in [5, 5.41) is 3.06. The van der Waals surface area contributed by atoms with E-state index in [1.165, 1.54) is 42.1 Å². The second kappa shape index (κ2) is 9.27. The summed E-state index contributed by atoms with van der Waals surface area (Å²) in [6.45, 7) is 0.186. The average Bonchev–Trinajstić information content (AvgIpc) is 2.66. The molecule has 5 nitrogen and oxygen atoms in total. The van der Waals surface area contributed by atoms with Crippen LogP contribution in [0, 0.1) is 11.6 Å². The van der Waals surface area contributed by atoms with E-state index in [1.807, 2.05) is 0 Å². The van der Waals surface area contributed by atoms with Crippen molar-refractivity contribution in [2.75, 3.05) is 0 Å². The van der Waals surface area contributed by atoms with Crippen molar-refractivity contribution in [3.05, 3.63) is 93.4 Å². The van der Waals surface area contributed by atoms with E-state index in [4.69, 9.17) is 0 Å². The van der Waals surface area contributed by atoms with Gasteiger partial charge in [0, 0.05) is 18.4 Å². The van der Waals surface area contributed by atoms with Gasteiger partial charge in [-0.05, 0) is 35.4 Å². The quantitative estimate of drug-likeness (QED) is 0.471. The zero-order valence-electron chi connectivity index (χ0n) is 14.7. The fourth-order valence-corrected chi connectivity index (χ4v) is 3.30. The summed E-state index contributed by atoms with van der Waals surface area (Å²) in [5.41, 5.74) is 1.50. The number of hydrogen-bond donors (Lipinski definition) is 2. The van der Waals surface area contributed by atoms with Crippen molar-refractivity contribution in [1.29, 1.82) is 0 Å². The number of aromatic amines is 1. The third-order valence-electron chi connectivity index (χ3n) is 3.78. The molecule has 3 rings (SSSR count). The molecule has 0 aliphatic heterocycles. The Morgan fingerprint density at radius 3 is 2.57 bits per heavy atom. The van der Waals surface area contributed by atoms with Crippen molar-refractivity contribution >= 4 is 17.7 Å². The minimum atomic E-state index is -0.370. The highest BCUT2D eigenvalue weighted by Crippen LogP contribution is 2.18. The zero-order valence-corrected chi connectivity index (χ0v) is 15.6. The van der Waals surface area contributed by atoms with Crippen molar-refractivity contribution in [3.8, 4) is 0 Å². The number of nitrogens with one attached hydrogen (secondary N) is 2. The molecule has 1 aromatic heterocycles. The second-order valence-corrected chi connectivity index (χ2v) is 7.00. The molecule has 3 aromatic rings. The van der Waals surface area contributed by atoms with Gasteiger partial charge in [-0.15, -0.1) is 0 Å². The lowest BCUT2D eigenvalue weighted by Gasteiger charge is -2.07. The van der Waals surface area contributed by atoms with Crippen LogP contribution in [-0.2, 0) is 23.5 Å². The lowest BCUT2D eigenvalue weighted by Crippen LogP contribution is -2.26. The lowest BCUT2D eigenvalue weighted by atomic mass is 10.2. The molecule has 1 heterocycles. The van der Waals surface area contributed by atoms with Crippen molar-refractivity contribution in [2.45, 2.75) is 23.9 Å². The number of thioether (sulfide) groups is 1. The zero-order chi connectivity index (χ0) is 19.9. The molecule has 0 bridgehead atoms. The van der Waals surface area contributed by atoms with E-state index in [9.17, 15) is 18.4 Å². The van der Waals surface area contributed by atoms with E-state index in [0.29, 0.717) is 22.2 Å². The molecule has 0 saturated carbocycles. The molecule has 0 saturated heterocycles. The first-order chi connectivity index (χ1) is 13.5. The van der Waals surface area contributed by atoms with Crippen molar-refractivity contribution < 1.29 is 13.6 Å². The first-order valence-electron chi connectivity index (χ1n) is 8.46. The summed E-state index contributed by atoms with van der Waals surface area (Å²) in [4.78, 5) is 30.8. The summed E-state index contributed by atoms with van der Waals surface area (Å²) in [5.74, 6) is -0.507. The highest BCUT2D eigenvalue weighted by Gasteiger charge is 2.08. The molecule has 0 unspecified atom stereocenters. The summed E-state index contributed by atoms with van der Waals surface area (Å²) in [7, 11) is 0. The Bertz CT molecular complexity index is 1020. The molecule has 0 fully saturated rings. The third kappa shape index (κ3) is 6.02. The molecule has 0 atom stereocenters.